The lowest BCUT2D eigenvalue weighted by molar-refractivity contribution is -0.140. The number of ether oxygens (including phenoxy) is 1. The molecule has 6 nitrogen and oxygen atoms in total. The number of rotatable bonds is 5. The van der Waals surface area contributed by atoms with Gasteiger partial charge in [-0.05, 0) is 0 Å². The zero-order chi connectivity index (χ0) is 11.1. The summed E-state index contributed by atoms with van der Waals surface area (Å²) in [6, 6.07) is 0. The molecule has 0 aliphatic carbocycles. The second-order valence-corrected chi connectivity index (χ2v) is 2.79. The summed E-state index contributed by atoms with van der Waals surface area (Å²) >= 11 is 0. The predicted molar refractivity (Wildman–Crippen MR) is 56.7 cm³/mol. The highest BCUT2D eigenvalue weighted by Gasteiger charge is 2.00. The summed E-state index contributed by atoms with van der Waals surface area (Å²) in [6.45, 7) is 0.481. The molecule has 1 aromatic rings. The van der Waals surface area contributed by atoms with Crippen molar-refractivity contribution < 1.29 is 9.53 Å². The van der Waals surface area contributed by atoms with Crippen molar-refractivity contribution in [2.45, 2.75) is 6.42 Å². The standard InChI is InChI=1S/C9H14N4O2/c1-10-7-5-11-6-8(13-7)12-4-3-9(14)15-2/h5-6H,3-4H2,1-2H3,(H2,10,12,13). The van der Waals surface area contributed by atoms with Crippen LogP contribution in [0.5, 0.6) is 0 Å². The van der Waals surface area contributed by atoms with Crippen LogP contribution in [0.2, 0.25) is 0 Å². The third kappa shape index (κ3) is 3.80. The number of nitrogens with zero attached hydrogens (tertiary/aromatic N) is 2. The Morgan fingerprint density at radius 3 is 2.87 bits per heavy atom. The average molecular weight is 210 g/mol. The molecular weight excluding hydrogens is 196 g/mol. The first-order chi connectivity index (χ1) is 7.26. The van der Waals surface area contributed by atoms with Gasteiger partial charge in [0.1, 0.15) is 11.6 Å². The molecule has 82 valence electrons. The SMILES string of the molecule is CNc1cncc(NCCC(=O)OC)n1. The van der Waals surface area contributed by atoms with Crippen molar-refractivity contribution in [3.05, 3.63) is 12.4 Å². The van der Waals surface area contributed by atoms with E-state index in [1.165, 1.54) is 7.11 Å². The molecule has 0 radical (unpaired) electrons. The molecule has 6 heteroatoms. The van der Waals surface area contributed by atoms with Gasteiger partial charge in [0.2, 0.25) is 0 Å². The second kappa shape index (κ2) is 5.79. The van der Waals surface area contributed by atoms with Crippen LogP contribution in [-0.4, -0.2) is 36.6 Å². The molecule has 0 amide bonds. The van der Waals surface area contributed by atoms with Gasteiger partial charge >= 0.3 is 5.97 Å². The van der Waals surface area contributed by atoms with Crippen LogP contribution in [0.15, 0.2) is 12.4 Å². The number of esters is 1. The summed E-state index contributed by atoms with van der Waals surface area (Å²) in [4.78, 5) is 19.0. The van der Waals surface area contributed by atoms with Crippen LogP contribution < -0.4 is 10.6 Å². The first kappa shape index (κ1) is 11.2. The van der Waals surface area contributed by atoms with Crippen LogP contribution in [0.3, 0.4) is 0 Å². The maximum atomic E-state index is 10.8. The largest absolute Gasteiger partial charge is 0.469 e. The van der Waals surface area contributed by atoms with E-state index in [9.17, 15) is 4.79 Å². The van der Waals surface area contributed by atoms with Gasteiger partial charge in [-0.3, -0.25) is 9.78 Å². The number of carbonyl (C=O) groups excluding carboxylic acids is 1. The minimum atomic E-state index is -0.250. The minimum Gasteiger partial charge on any atom is -0.469 e. The van der Waals surface area contributed by atoms with Gasteiger partial charge in [-0.1, -0.05) is 0 Å². The van der Waals surface area contributed by atoms with Gasteiger partial charge in [-0.2, -0.15) is 0 Å². The molecular formula is C9H14N4O2. The molecule has 2 N–H and O–H groups in total. The maximum absolute atomic E-state index is 10.8. The van der Waals surface area contributed by atoms with Crippen LogP contribution in [0.1, 0.15) is 6.42 Å². The molecule has 0 spiro atoms. The number of nitrogens with one attached hydrogen (secondary N) is 2. The van der Waals surface area contributed by atoms with E-state index < -0.39 is 0 Å². The smallest absolute Gasteiger partial charge is 0.307 e. The molecule has 1 aromatic heterocycles. The molecule has 1 rings (SSSR count). The quantitative estimate of drug-likeness (QED) is 0.689. The van der Waals surface area contributed by atoms with E-state index in [1.54, 1.807) is 19.4 Å². The summed E-state index contributed by atoms with van der Waals surface area (Å²) in [5.41, 5.74) is 0. The number of hydrogen-bond donors (Lipinski definition) is 2. The minimum absolute atomic E-state index is 0.250. The number of aromatic nitrogens is 2. The molecule has 0 aliphatic heterocycles. The Kier molecular flexibility index (Phi) is 4.33. The molecule has 0 atom stereocenters. The maximum Gasteiger partial charge on any atom is 0.307 e. The van der Waals surface area contributed by atoms with E-state index in [0.717, 1.165) is 0 Å². The Labute approximate surface area is 88.1 Å². The average Bonchev–Trinajstić information content (AvgIpc) is 2.29. The Morgan fingerprint density at radius 1 is 1.47 bits per heavy atom. The third-order valence-corrected chi connectivity index (χ3v) is 1.75. The Balaban J connectivity index is 2.40. The Morgan fingerprint density at radius 2 is 2.20 bits per heavy atom. The van der Waals surface area contributed by atoms with Gasteiger partial charge in [0, 0.05) is 13.6 Å². The van der Waals surface area contributed by atoms with Gasteiger partial charge in [0.05, 0.1) is 25.9 Å². The number of carbonyl (C=O) groups is 1. The van der Waals surface area contributed by atoms with Gasteiger partial charge in [-0.25, -0.2) is 4.98 Å². The summed E-state index contributed by atoms with van der Waals surface area (Å²) in [5.74, 6) is 1.06. The van der Waals surface area contributed by atoms with Crippen molar-refractivity contribution in [1.82, 2.24) is 9.97 Å². The highest BCUT2D eigenvalue weighted by atomic mass is 16.5. The lowest BCUT2D eigenvalue weighted by atomic mass is 10.4. The predicted octanol–water partition coefficient (Wildman–Crippen LogP) is 0.493. The molecule has 0 saturated heterocycles. The summed E-state index contributed by atoms with van der Waals surface area (Å²) in [6.07, 6.45) is 3.52. The van der Waals surface area contributed by atoms with E-state index >= 15 is 0 Å². The molecule has 0 unspecified atom stereocenters. The molecule has 15 heavy (non-hydrogen) atoms. The summed E-state index contributed by atoms with van der Waals surface area (Å²) < 4.78 is 4.51. The van der Waals surface area contributed by atoms with Crippen LogP contribution in [0, 0.1) is 0 Å². The highest BCUT2D eigenvalue weighted by molar-refractivity contribution is 5.69. The van der Waals surface area contributed by atoms with Gasteiger partial charge in [0.25, 0.3) is 0 Å². The highest BCUT2D eigenvalue weighted by Crippen LogP contribution is 2.05. The van der Waals surface area contributed by atoms with E-state index in [0.29, 0.717) is 24.6 Å². The van der Waals surface area contributed by atoms with Gasteiger partial charge in [0.15, 0.2) is 0 Å². The molecule has 0 bridgehead atoms. The fourth-order valence-corrected chi connectivity index (χ4v) is 0.966. The third-order valence-electron chi connectivity index (χ3n) is 1.75. The van der Waals surface area contributed by atoms with E-state index in [-0.39, 0.29) is 5.97 Å². The monoisotopic (exact) mass is 210 g/mol. The van der Waals surface area contributed by atoms with Crippen molar-refractivity contribution >= 4 is 17.6 Å². The second-order valence-electron chi connectivity index (χ2n) is 2.79. The van der Waals surface area contributed by atoms with Crippen LogP contribution in [-0.2, 0) is 9.53 Å². The van der Waals surface area contributed by atoms with Crippen molar-refractivity contribution in [2.24, 2.45) is 0 Å². The molecule has 0 saturated carbocycles. The zero-order valence-corrected chi connectivity index (χ0v) is 8.78. The molecule has 1 heterocycles. The lowest BCUT2D eigenvalue weighted by Gasteiger charge is -2.05. The van der Waals surface area contributed by atoms with Crippen LogP contribution in [0.25, 0.3) is 0 Å². The lowest BCUT2D eigenvalue weighted by Crippen LogP contribution is -2.11. The Hall–Kier alpha value is -1.85. The number of methoxy groups -OCH3 is 1. The van der Waals surface area contributed by atoms with Crippen LogP contribution in [0.4, 0.5) is 11.6 Å². The molecule has 0 aliphatic rings. The van der Waals surface area contributed by atoms with E-state index in [4.69, 9.17) is 0 Å². The fraction of sp³-hybridized carbons (Fsp3) is 0.444. The van der Waals surface area contributed by atoms with Crippen LogP contribution >= 0.6 is 0 Å². The van der Waals surface area contributed by atoms with E-state index in [2.05, 4.69) is 25.3 Å². The summed E-state index contributed by atoms with van der Waals surface area (Å²) in [5, 5.41) is 5.84. The fourth-order valence-electron chi connectivity index (χ4n) is 0.966. The van der Waals surface area contributed by atoms with Gasteiger partial charge in [-0.15, -0.1) is 0 Å². The topological polar surface area (TPSA) is 76.1 Å². The zero-order valence-electron chi connectivity index (χ0n) is 8.78. The normalized spacial score (nSPS) is 9.47. The van der Waals surface area contributed by atoms with E-state index in [1.807, 2.05) is 0 Å². The van der Waals surface area contributed by atoms with Gasteiger partial charge < -0.3 is 15.4 Å². The van der Waals surface area contributed by atoms with Crippen molar-refractivity contribution in [3.63, 3.8) is 0 Å². The van der Waals surface area contributed by atoms with Crippen molar-refractivity contribution in [3.8, 4) is 0 Å². The Bertz CT molecular complexity index is 330. The summed E-state index contributed by atoms with van der Waals surface area (Å²) in [7, 11) is 3.13. The molecule has 0 aromatic carbocycles. The van der Waals surface area contributed by atoms with Crippen molar-refractivity contribution in [2.75, 3.05) is 31.3 Å². The number of hydrogen-bond acceptors (Lipinski definition) is 6. The first-order valence-electron chi connectivity index (χ1n) is 4.56. The first-order valence-corrected chi connectivity index (χ1v) is 4.56. The molecule has 0 fully saturated rings. The van der Waals surface area contributed by atoms with Crippen molar-refractivity contribution in [1.29, 1.82) is 0 Å². The number of anilines is 2.